The number of nitrogens with one attached hydrogen (secondary N) is 1. The summed E-state index contributed by atoms with van der Waals surface area (Å²) in [4.78, 5) is 11.7. The molecule has 0 aliphatic heterocycles. The molecule has 1 saturated carbocycles. The molecule has 0 saturated heterocycles. The van der Waals surface area contributed by atoms with Crippen LogP contribution in [0.1, 0.15) is 12.8 Å². The molecule has 2 aromatic heterocycles. The summed E-state index contributed by atoms with van der Waals surface area (Å²) < 4.78 is 12.8. The van der Waals surface area contributed by atoms with Crippen LogP contribution in [-0.2, 0) is 7.05 Å². The molecule has 164 valence electrons. The molecule has 0 spiro atoms. The molecule has 2 heterocycles. The number of rotatable bonds is 8. The molecule has 4 aromatic rings. The van der Waals surface area contributed by atoms with E-state index in [1.165, 1.54) is 12.8 Å². The van der Waals surface area contributed by atoms with Crippen LogP contribution in [0.2, 0.25) is 0 Å². The Kier molecular flexibility index (Phi) is 5.26. The Morgan fingerprint density at radius 1 is 1.00 bits per heavy atom. The lowest BCUT2D eigenvalue weighted by atomic mass is 10.2. The number of nitrogens with zero attached hydrogens (tertiary/aromatic N) is 5. The highest BCUT2D eigenvalue weighted by molar-refractivity contribution is 5.82. The first-order valence-electron chi connectivity index (χ1n) is 10.6. The number of benzene rings is 2. The van der Waals surface area contributed by atoms with Gasteiger partial charge in [0.05, 0.1) is 43.3 Å². The Morgan fingerprint density at radius 2 is 1.78 bits per heavy atom. The number of aromatic nitrogens is 4. The Morgan fingerprint density at radius 3 is 2.44 bits per heavy atom. The van der Waals surface area contributed by atoms with E-state index >= 15 is 0 Å². The second-order valence-electron chi connectivity index (χ2n) is 8.08. The van der Waals surface area contributed by atoms with Gasteiger partial charge in [-0.25, -0.2) is 4.98 Å². The zero-order valence-corrected chi connectivity index (χ0v) is 18.4. The third-order valence-electron chi connectivity index (χ3n) is 5.60. The quantitative estimate of drug-likeness (QED) is 0.435. The number of ether oxygens (including phenoxy) is 2. The SMILES string of the molecule is COc1cc(OC)cc(N(CC2CC2)c2ccc3ncc(Nc4cnn(C)c4)nc3c2)c1. The van der Waals surface area contributed by atoms with Gasteiger partial charge >= 0.3 is 0 Å². The van der Waals surface area contributed by atoms with E-state index in [0.29, 0.717) is 11.7 Å². The summed E-state index contributed by atoms with van der Waals surface area (Å²) in [7, 11) is 5.23. The molecule has 8 nitrogen and oxygen atoms in total. The first-order valence-corrected chi connectivity index (χ1v) is 10.6. The van der Waals surface area contributed by atoms with Crippen LogP contribution in [0, 0.1) is 5.92 Å². The molecular weight excluding hydrogens is 404 g/mol. The normalized spacial score (nSPS) is 13.2. The first-order chi connectivity index (χ1) is 15.6. The Labute approximate surface area is 186 Å². The van der Waals surface area contributed by atoms with Gasteiger partial charge in [-0.3, -0.25) is 9.67 Å². The van der Waals surface area contributed by atoms with Gasteiger partial charge in [-0.15, -0.1) is 0 Å². The summed E-state index contributed by atoms with van der Waals surface area (Å²) in [5.74, 6) is 2.90. The molecule has 32 heavy (non-hydrogen) atoms. The monoisotopic (exact) mass is 430 g/mol. The fourth-order valence-corrected chi connectivity index (χ4v) is 3.73. The number of aryl methyl sites for hydroxylation is 1. The van der Waals surface area contributed by atoms with E-state index in [1.807, 2.05) is 37.5 Å². The maximum atomic E-state index is 5.50. The molecule has 1 aliphatic rings. The van der Waals surface area contributed by atoms with Crippen LogP contribution >= 0.6 is 0 Å². The average Bonchev–Trinajstić information content (AvgIpc) is 3.56. The van der Waals surface area contributed by atoms with Crippen LogP contribution in [0.3, 0.4) is 0 Å². The average molecular weight is 431 g/mol. The molecule has 0 unspecified atom stereocenters. The minimum Gasteiger partial charge on any atom is -0.497 e. The van der Waals surface area contributed by atoms with Gasteiger partial charge in [0.1, 0.15) is 17.3 Å². The standard InChI is InChI=1S/C24H26N6O2/c1-29-15-17(12-26-29)27-24-13-25-22-7-6-18(10-23(22)28-24)30(14-16-4-5-16)19-8-20(31-2)11-21(9-19)32-3/h6-13,15-16H,4-5,14H2,1-3H3,(H,27,28). The van der Waals surface area contributed by atoms with Gasteiger partial charge in [0, 0.05) is 49.4 Å². The van der Waals surface area contributed by atoms with Crippen molar-refractivity contribution in [1.82, 2.24) is 19.7 Å². The van der Waals surface area contributed by atoms with Crippen LogP contribution in [0.15, 0.2) is 55.0 Å². The lowest BCUT2D eigenvalue weighted by Crippen LogP contribution is -2.20. The van der Waals surface area contributed by atoms with E-state index in [2.05, 4.69) is 32.4 Å². The van der Waals surface area contributed by atoms with E-state index < -0.39 is 0 Å². The molecular formula is C24H26N6O2. The van der Waals surface area contributed by atoms with Crippen molar-refractivity contribution in [3.05, 3.63) is 55.0 Å². The van der Waals surface area contributed by atoms with Crippen molar-refractivity contribution in [3.63, 3.8) is 0 Å². The third-order valence-corrected chi connectivity index (χ3v) is 5.60. The smallest absolute Gasteiger partial charge is 0.149 e. The van der Waals surface area contributed by atoms with Crippen molar-refractivity contribution in [2.75, 3.05) is 31.0 Å². The van der Waals surface area contributed by atoms with Crippen molar-refractivity contribution in [2.24, 2.45) is 13.0 Å². The molecule has 1 fully saturated rings. The number of anilines is 4. The maximum Gasteiger partial charge on any atom is 0.149 e. The highest BCUT2D eigenvalue weighted by atomic mass is 16.5. The van der Waals surface area contributed by atoms with Crippen LogP contribution in [0.5, 0.6) is 11.5 Å². The maximum absolute atomic E-state index is 5.50. The Balaban J connectivity index is 1.52. The molecule has 1 N–H and O–H groups in total. The van der Waals surface area contributed by atoms with Crippen LogP contribution < -0.4 is 19.7 Å². The first kappa shape index (κ1) is 20.1. The molecule has 0 atom stereocenters. The lowest BCUT2D eigenvalue weighted by Gasteiger charge is -2.26. The molecule has 0 bridgehead atoms. The molecule has 2 aromatic carbocycles. The summed E-state index contributed by atoms with van der Waals surface area (Å²) in [6, 6.07) is 12.2. The zero-order chi connectivity index (χ0) is 22.1. The molecule has 5 rings (SSSR count). The number of fused-ring (bicyclic) bond motifs is 1. The van der Waals surface area contributed by atoms with Gasteiger partial charge in [0.2, 0.25) is 0 Å². The van der Waals surface area contributed by atoms with Gasteiger partial charge in [-0.05, 0) is 37.0 Å². The van der Waals surface area contributed by atoms with Crippen molar-refractivity contribution >= 4 is 33.9 Å². The van der Waals surface area contributed by atoms with E-state index in [9.17, 15) is 0 Å². The minimum atomic E-state index is 0.680. The largest absolute Gasteiger partial charge is 0.497 e. The second-order valence-corrected chi connectivity index (χ2v) is 8.08. The van der Waals surface area contributed by atoms with Crippen molar-refractivity contribution < 1.29 is 9.47 Å². The van der Waals surface area contributed by atoms with Crippen LogP contribution in [0.25, 0.3) is 11.0 Å². The van der Waals surface area contributed by atoms with E-state index in [4.69, 9.17) is 14.5 Å². The van der Waals surface area contributed by atoms with Crippen LogP contribution in [0.4, 0.5) is 22.9 Å². The lowest BCUT2D eigenvalue weighted by molar-refractivity contribution is 0.394. The highest BCUT2D eigenvalue weighted by Gasteiger charge is 2.26. The third kappa shape index (κ3) is 4.30. The van der Waals surface area contributed by atoms with Gasteiger partial charge in [0.15, 0.2) is 0 Å². The van der Waals surface area contributed by atoms with Gasteiger partial charge in [-0.1, -0.05) is 0 Å². The molecule has 8 heteroatoms. The number of hydrogen-bond acceptors (Lipinski definition) is 7. The Hall–Kier alpha value is -3.81. The zero-order valence-electron chi connectivity index (χ0n) is 18.4. The van der Waals surface area contributed by atoms with Gasteiger partial charge < -0.3 is 19.7 Å². The number of methoxy groups -OCH3 is 2. The predicted molar refractivity (Wildman–Crippen MR) is 125 cm³/mol. The summed E-state index contributed by atoms with van der Waals surface area (Å²) in [6.45, 7) is 0.933. The fourth-order valence-electron chi connectivity index (χ4n) is 3.73. The predicted octanol–water partition coefficient (Wildman–Crippen LogP) is 4.67. The van der Waals surface area contributed by atoms with E-state index in [0.717, 1.165) is 46.1 Å². The summed E-state index contributed by atoms with van der Waals surface area (Å²) in [5.41, 5.74) is 4.64. The van der Waals surface area contributed by atoms with Crippen molar-refractivity contribution in [2.45, 2.75) is 12.8 Å². The van der Waals surface area contributed by atoms with Crippen molar-refractivity contribution in [1.29, 1.82) is 0 Å². The summed E-state index contributed by atoms with van der Waals surface area (Å²) in [6.07, 6.45) is 7.91. The second kappa shape index (κ2) is 8.37. The van der Waals surface area contributed by atoms with Crippen molar-refractivity contribution in [3.8, 4) is 11.5 Å². The molecule has 0 radical (unpaired) electrons. The topological polar surface area (TPSA) is 77.3 Å². The van der Waals surface area contributed by atoms with Crippen LogP contribution in [-0.4, -0.2) is 40.5 Å². The molecule has 0 amide bonds. The van der Waals surface area contributed by atoms with Gasteiger partial charge in [0.25, 0.3) is 0 Å². The summed E-state index contributed by atoms with van der Waals surface area (Å²) >= 11 is 0. The van der Waals surface area contributed by atoms with E-state index in [-0.39, 0.29) is 0 Å². The Bertz CT molecular complexity index is 1230. The van der Waals surface area contributed by atoms with Gasteiger partial charge in [-0.2, -0.15) is 5.10 Å². The number of hydrogen-bond donors (Lipinski definition) is 1. The summed E-state index contributed by atoms with van der Waals surface area (Å²) in [5, 5.41) is 7.45. The fraction of sp³-hybridized carbons (Fsp3) is 0.292. The minimum absolute atomic E-state index is 0.680. The highest BCUT2D eigenvalue weighted by Crippen LogP contribution is 2.38. The molecule has 1 aliphatic carbocycles. The van der Waals surface area contributed by atoms with E-state index in [1.54, 1.807) is 31.3 Å².